The van der Waals surface area contributed by atoms with Gasteiger partial charge in [-0.2, -0.15) is 0 Å². The van der Waals surface area contributed by atoms with E-state index in [1.54, 1.807) is 11.9 Å². The molecule has 0 unspecified atom stereocenters. The number of urea groups is 1. The molecule has 0 saturated carbocycles. The first-order valence-electron chi connectivity index (χ1n) is 27.4. The van der Waals surface area contributed by atoms with Crippen molar-refractivity contribution < 1.29 is 4.79 Å². The van der Waals surface area contributed by atoms with E-state index in [0.29, 0.717) is 0 Å². The van der Waals surface area contributed by atoms with Gasteiger partial charge in [-0.15, -0.1) is 0 Å². The van der Waals surface area contributed by atoms with Gasteiger partial charge in [0.05, 0.1) is 0 Å². The molecule has 0 aromatic carbocycles. The van der Waals surface area contributed by atoms with Crippen molar-refractivity contribution in [1.29, 1.82) is 0 Å². The molecule has 12 aliphatic heterocycles. The van der Waals surface area contributed by atoms with Gasteiger partial charge in [-0.3, -0.25) is 53.9 Å². The summed E-state index contributed by atoms with van der Waals surface area (Å²) in [6.45, 7) is 39.5. The lowest BCUT2D eigenvalue weighted by molar-refractivity contribution is 0.226. The maximum absolute atomic E-state index is 10.4. The number of carbonyl (C=O) groups is 1. The fourth-order valence-corrected chi connectivity index (χ4v) is 7.37. The van der Waals surface area contributed by atoms with Crippen LogP contribution in [0.25, 0.3) is 0 Å². The van der Waals surface area contributed by atoms with E-state index < -0.39 is 0 Å². The van der Waals surface area contributed by atoms with Gasteiger partial charge in [-0.05, 0) is 77.5 Å². The van der Waals surface area contributed by atoms with E-state index in [-0.39, 0.29) is 6.03 Å². The molecule has 12 rings (SSSR count). The van der Waals surface area contributed by atoms with Crippen LogP contribution in [0.5, 0.6) is 0 Å². The third-order valence-electron chi connectivity index (χ3n) is 12.6. The minimum Gasteiger partial charge on any atom is -0.336 e. The number of carbonyl (C=O) groups excluding carboxylic acids is 1. The molecule has 0 bridgehead atoms. The first kappa shape index (κ1) is 69.4. The third-order valence-corrected chi connectivity index (χ3v) is 12.6. The molecule has 12 fully saturated rings. The lowest BCUT2D eigenvalue weighted by Crippen LogP contribution is -2.23. The van der Waals surface area contributed by atoms with Crippen LogP contribution in [0, 0.1) is 0 Å². The quantitative estimate of drug-likeness (QED) is 0.109. The Morgan fingerprint density at radius 1 is 0.219 bits per heavy atom. The fraction of sp³-hybridized carbons (Fsp3) is 0.979. The molecular formula is C48H118N24O. The van der Waals surface area contributed by atoms with E-state index in [0.717, 1.165) is 158 Å². The summed E-state index contributed by atoms with van der Waals surface area (Å²) >= 11 is 0. The Balaban J connectivity index is 0.000000398. The summed E-state index contributed by atoms with van der Waals surface area (Å²) in [7, 11) is 25.0. The van der Waals surface area contributed by atoms with Crippen molar-refractivity contribution in [3.05, 3.63) is 0 Å². The van der Waals surface area contributed by atoms with Crippen molar-refractivity contribution in [3.63, 3.8) is 0 Å². The van der Waals surface area contributed by atoms with E-state index in [1.807, 2.05) is 0 Å². The van der Waals surface area contributed by atoms with Crippen LogP contribution in [0.4, 0.5) is 4.79 Å². The van der Waals surface area contributed by atoms with Crippen molar-refractivity contribution >= 4 is 6.03 Å². The molecule has 25 nitrogen and oxygen atoms in total. The van der Waals surface area contributed by atoms with E-state index in [2.05, 4.69) is 195 Å². The SMILES string of the molecule is CN1CCNC1.CN1CCNC1.CN1CCNC1.CN1CCNC1.CN1CCNC1.CN1CCNC1.CN1CCNC1.CN1CCNC1.CN1CCNC1.CN1CCNC1.CN1CCNC1.CN1CCNC1=O. The normalized spacial score (nSPS) is 25.0. The van der Waals surface area contributed by atoms with E-state index in [1.165, 1.54) is 72.0 Å². The van der Waals surface area contributed by atoms with Crippen molar-refractivity contribution in [2.24, 2.45) is 0 Å². The summed E-state index contributed by atoms with van der Waals surface area (Å²) in [4.78, 5) is 36.8. The number of rotatable bonds is 0. The zero-order valence-corrected chi connectivity index (χ0v) is 49.0. The number of nitrogens with zero attached hydrogens (tertiary/aromatic N) is 12. The van der Waals surface area contributed by atoms with E-state index >= 15 is 0 Å². The Hall–Kier alpha value is -1.61. The van der Waals surface area contributed by atoms with Gasteiger partial charge >= 0.3 is 6.03 Å². The molecule has 25 heteroatoms. The highest BCUT2D eigenvalue weighted by atomic mass is 16.2. The lowest BCUT2D eigenvalue weighted by atomic mass is 10.7. The van der Waals surface area contributed by atoms with E-state index in [4.69, 9.17) is 0 Å². The molecule has 0 atom stereocenters. The first-order chi connectivity index (χ1) is 35.1. The van der Waals surface area contributed by atoms with Crippen LogP contribution in [-0.2, 0) is 0 Å². The summed E-state index contributed by atoms with van der Waals surface area (Å²) in [5.41, 5.74) is 0. The Kier molecular flexibility index (Phi) is 45.2. The van der Waals surface area contributed by atoms with Crippen molar-refractivity contribution in [1.82, 2.24) is 123 Å². The average molecular weight is 1050 g/mol. The number of likely N-dealkylation sites (N-methyl/N-ethyl adjacent to an activating group) is 12. The Labute approximate surface area is 447 Å². The summed E-state index contributed by atoms with van der Waals surface area (Å²) < 4.78 is 0. The predicted octanol–water partition coefficient (Wildman–Crippen LogP) is -6.09. The highest BCUT2D eigenvalue weighted by Gasteiger charge is 2.13. The smallest absolute Gasteiger partial charge is 0.317 e. The van der Waals surface area contributed by atoms with Gasteiger partial charge in [0.15, 0.2) is 0 Å². The van der Waals surface area contributed by atoms with Gasteiger partial charge < -0.3 is 68.7 Å². The van der Waals surface area contributed by atoms with Crippen molar-refractivity contribution in [3.8, 4) is 0 Å². The topological polar surface area (TPSA) is 200 Å². The first-order valence-corrected chi connectivity index (χ1v) is 27.4. The Morgan fingerprint density at radius 2 is 0.356 bits per heavy atom. The molecule has 436 valence electrons. The largest absolute Gasteiger partial charge is 0.336 e. The van der Waals surface area contributed by atoms with Crippen molar-refractivity contribution in [2.45, 2.75) is 0 Å². The molecule has 12 heterocycles. The second-order valence-corrected chi connectivity index (χ2v) is 20.8. The number of amides is 2. The highest BCUT2D eigenvalue weighted by Crippen LogP contribution is 1.90. The van der Waals surface area contributed by atoms with Crippen molar-refractivity contribution in [2.75, 3.05) is 315 Å². The molecule has 12 N–H and O–H groups in total. The number of hydrogen-bond donors (Lipinski definition) is 12. The predicted molar refractivity (Wildman–Crippen MR) is 307 cm³/mol. The van der Waals surface area contributed by atoms with Crippen LogP contribution in [0.2, 0.25) is 0 Å². The van der Waals surface area contributed by atoms with Crippen LogP contribution < -0.4 is 63.8 Å². The van der Waals surface area contributed by atoms with Gasteiger partial charge in [0.25, 0.3) is 0 Å². The summed E-state index contributed by atoms with van der Waals surface area (Å²) in [5, 5.41) is 37.8. The fourth-order valence-electron chi connectivity index (χ4n) is 7.37. The van der Waals surface area contributed by atoms with Crippen LogP contribution >= 0.6 is 0 Å². The van der Waals surface area contributed by atoms with Crippen LogP contribution in [-0.4, -0.2) is 380 Å². The van der Waals surface area contributed by atoms with Gasteiger partial charge in [-0.1, -0.05) is 0 Å². The standard InChI is InChI=1S/C4H8N2O.11C4H10N2/c1-6-3-2-5-4(6)7;11*1-6-3-2-5-4-6/h2-3H2,1H3,(H,5,7);11*5H,2-4H2,1H3. The van der Waals surface area contributed by atoms with Gasteiger partial charge in [0.2, 0.25) is 0 Å². The molecule has 2 amide bonds. The number of nitrogens with one attached hydrogen (secondary N) is 12. The number of hydrogen-bond acceptors (Lipinski definition) is 23. The average Bonchev–Trinajstić information content (AvgIpc) is 4.16. The summed E-state index contributed by atoms with van der Waals surface area (Å²) in [6, 6.07) is 0.0417. The van der Waals surface area contributed by atoms with E-state index in [9.17, 15) is 4.79 Å². The monoisotopic (exact) mass is 1050 g/mol. The summed E-state index contributed by atoms with van der Waals surface area (Å²) in [5.74, 6) is 0. The molecule has 0 spiro atoms. The molecule has 73 heavy (non-hydrogen) atoms. The Bertz CT molecular complexity index is 890. The molecule has 12 saturated heterocycles. The maximum Gasteiger partial charge on any atom is 0.317 e. The minimum absolute atomic E-state index is 0.0417. The molecular weight excluding hydrogens is 929 g/mol. The van der Waals surface area contributed by atoms with Gasteiger partial charge in [0, 0.05) is 237 Å². The van der Waals surface area contributed by atoms with Crippen LogP contribution in [0.1, 0.15) is 0 Å². The van der Waals surface area contributed by atoms with Gasteiger partial charge in [0.1, 0.15) is 0 Å². The second kappa shape index (κ2) is 47.6. The third kappa shape index (κ3) is 45.2. The zero-order chi connectivity index (χ0) is 53.7. The van der Waals surface area contributed by atoms with Gasteiger partial charge in [-0.25, -0.2) is 4.79 Å². The molecule has 0 aromatic rings. The molecule has 0 aliphatic carbocycles. The second-order valence-electron chi connectivity index (χ2n) is 20.8. The maximum atomic E-state index is 10.4. The summed E-state index contributed by atoms with van der Waals surface area (Å²) in [6.07, 6.45) is 0. The minimum atomic E-state index is 0.0417. The Morgan fingerprint density at radius 3 is 0.384 bits per heavy atom. The lowest BCUT2D eigenvalue weighted by Gasteiger charge is -2.01. The molecule has 12 aliphatic rings. The molecule has 0 aromatic heterocycles. The van der Waals surface area contributed by atoms with Crippen LogP contribution in [0.15, 0.2) is 0 Å². The van der Waals surface area contributed by atoms with Crippen LogP contribution in [0.3, 0.4) is 0 Å². The zero-order valence-electron chi connectivity index (χ0n) is 49.0. The highest BCUT2D eigenvalue weighted by molar-refractivity contribution is 5.75. The molecule has 0 radical (unpaired) electrons.